The normalized spacial score (nSPS) is 28.8. The van der Waals surface area contributed by atoms with Gasteiger partial charge in [-0.25, -0.2) is 0 Å². The highest BCUT2D eigenvalue weighted by Crippen LogP contribution is 2.41. The van der Waals surface area contributed by atoms with E-state index in [9.17, 15) is 4.79 Å². The smallest absolute Gasteiger partial charge is 0.223 e. The van der Waals surface area contributed by atoms with Gasteiger partial charge in [0.05, 0.1) is 0 Å². The van der Waals surface area contributed by atoms with Gasteiger partial charge in [0.1, 0.15) is 0 Å². The average molecular weight is 395 g/mol. The summed E-state index contributed by atoms with van der Waals surface area (Å²) in [5.74, 6) is 1.20. The van der Waals surface area contributed by atoms with E-state index in [0.29, 0.717) is 5.91 Å². The fourth-order valence-corrected chi connectivity index (χ4v) is 6.69. The zero-order chi connectivity index (χ0) is 19.7. The van der Waals surface area contributed by atoms with Crippen molar-refractivity contribution in [2.75, 3.05) is 19.6 Å². The Balaban J connectivity index is 1.24. The van der Waals surface area contributed by atoms with Crippen LogP contribution in [0.15, 0.2) is 18.2 Å². The number of aryl methyl sites for hydroxylation is 2. The van der Waals surface area contributed by atoms with Gasteiger partial charge in [-0.1, -0.05) is 37.5 Å². The number of carbonyl (C=O) groups excluding carboxylic acids is 1. The van der Waals surface area contributed by atoms with Crippen LogP contribution < -0.4 is 0 Å². The third-order valence-electron chi connectivity index (χ3n) is 8.42. The van der Waals surface area contributed by atoms with Crippen molar-refractivity contribution in [1.29, 1.82) is 0 Å². The zero-order valence-corrected chi connectivity index (χ0v) is 18.1. The van der Waals surface area contributed by atoms with Gasteiger partial charge in [-0.2, -0.15) is 0 Å². The van der Waals surface area contributed by atoms with E-state index in [0.717, 1.165) is 38.4 Å². The van der Waals surface area contributed by atoms with Crippen LogP contribution in [-0.2, 0) is 24.2 Å². The van der Waals surface area contributed by atoms with E-state index in [1.54, 1.807) is 11.1 Å². The molecule has 0 aromatic heterocycles. The minimum absolute atomic E-state index is 0.168. The number of rotatable bonds is 4. The second kappa shape index (κ2) is 8.41. The van der Waals surface area contributed by atoms with Gasteiger partial charge in [0, 0.05) is 31.6 Å². The fraction of sp³-hybridized carbons (Fsp3) is 0.731. The van der Waals surface area contributed by atoms with Crippen molar-refractivity contribution in [1.82, 2.24) is 9.80 Å². The third kappa shape index (κ3) is 4.13. The summed E-state index contributed by atoms with van der Waals surface area (Å²) in [6.07, 6.45) is 16.2. The van der Waals surface area contributed by atoms with Crippen molar-refractivity contribution >= 4 is 5.91 Å². The van der Waals surface area contributed by atoms with E-state index in [1.807, 2.05) is 0 Å². The van der Waals surface area contributed by atoms with Crippen molar-refractivity contribution in [3.8, 4) is 0 Å². The lowest BCUT2D eigenvalue weighted by Crippen LogP contribution is -2.48. The molecule has 1 amide bonds. The number of amides is 1. The molecule has 158 valence electrons. The zero-order valence-electron chi connectivity index (χ0n) is 18.1. The van der Waals surface area contributed by atoms with Gasteiger partial charge < -0.3 is 4.90 Å². The number of likely N-dealkylation sites (tertiary alicyclic amines) is 2. The first-order valence-electron chi connectivity index (χ1n) is 12.4. The second-order valence-corrected chi connectivity index (χ2v) is 10.3. The van der Waals surface area contributed by atoms with Crippen LogP contribution in [-0.4, -0.2) is 40.9 Å². The second-order valence-electron chi connectivity index (χ2n) is 10.3. The van der Waals surface area contributed by atoms with Crippen LogP contribution in [0, 0.1) is 5.92 Å². The first-order valence-corrected chi connectivity index (χ1v) is 12.4. The summed E-state index contributed by atoms with van der Waals surface area (Å²) in [4.78, 5) is 17.9. The third-order valence-corrected chi connectivity index (χ3v) is 8.42. The van der Waals surface area contributed by atoms with Crippen LogP contribution in [0.25, 0.3) is 0 Å². The summed E-state index contributed by atoms with van der Waals surface area (Å²) in [7, 11) is 0. The Bertz CT molecular complexity index is 738. The Morgan fingerprint density at radius 2 is 1.72 bits per heavy atom. The molecule has 1 atom stereocenters. The molecule has 0 N–H and O–H groups in total. The lowest BCUT2D eigenvalue weighted by Gasteiger charge is -2.41. The molecular formula is C26H38N2O. The number of benzene rings is 1. The lowest BCUT2D eigenvalue weighted by molar-refractivity contribution is -0.132. The Hall–Kier alpha value is -1.35. The highest BCUT2D eigenvalue weighted by atomic mass is 16.2. The van der Waals surface area contributed by atoms with E-state index >= 15 is 0 Å². The summed E-state index contributed by atoms with van der Waals surface area (Å²) in [6, 6.07) is 7.20. The van der Waals surface area contributed by atoms with E-state index in [-0.39, 0.29) is 5.54 Å². The van der Waals surface area contributed by atoms with Gasteiger partial charge >= 0.3 is 0 Å². The van der Waals surface area contributed by atoms with E-state index in [4.69, 9.17) is 0 Å². The number of carbonyl (C=O) groups is 1. The fourth-order valence-electron chi connectivity index (χ4n) is 6.69. The maximum absolute atomic E-state index is 12.8. The molecule has 3 fully saturated rings. The van der Waals surface area contributed by atoms with Gasteiger partial charge in [-0.15, -0.1) is 0 Å². The molecule has 29 heavy (non-hydrogen) atoms. The molecule has 1 aromatic carbocycles. The van der Waals surface area contributed by atoms with Crippen LogP contribution >= 0.6 is 0 Å². The highest BCUT2D eigenvalue weighted by molar-refractivity contribution is 5.79. The molecule has 3 nitrogen and oxygen atoms in total. The average Bonchev–Trinajstić information content (AvgIpc) is 3.26. The highest BCUT2D eigenvalue weighted by Gasteiger charge is 2.46. The molecule has 0 bridgehead atoms. The van der Waals surface area contributed by atoms with Gasteiger partial charge in [0.25, 0.3) is 0 Å². The quantitative estimate of drug-likeness (QED) is 0.709. The van der Waals surface area contributed by atoms with E-state index in [1.165, 1.54) is 82.7 Å². The molecule has 2 aliphatic heterocycles. The maximum Gasteiger partial charge on any atom is 0.223 e. The Morgan fingerprint density at radius 1 is 0.862 bits per heavy atom. The summed E-state index contributed by atoms with van der Waals surface area (Å²) < 4.78 is 0. The van der Waals surface area contributed by atoms with Gasteiger partial charge in [-0.05, 0) is 86.9 Å². The van der Waals surface area contributed by atoms with Crippen molar-refractivity contribution in [3.63, 3.8) is 0 Å². The Labute approximate surface area is 176 Å². The molecule has 5 rings (SSSR count). The van der Waals surface area contributed by atoms with Crippen molar-refractivity contribution in [2.45, 2.75) is 95.6 Å². The largest absolute Gasteiger partial charge is 0.337 e. The Kier molecular flexibility index (Phi) is 5.69. The van der Waals surface area contributed by atoms with Gasteiger partial charge in [-0.3, -0.25) is 9.69 Å². The summed E-state index contributed by atoms with van der Waals surface area (Å²) >= 11 is 0. The monoisotopic (exact) mass is 394 g/mol. The van der Waals surface area contributed by atoms with Crippen molar-refractivity contribution in [2.24, 2.45) is 5.92 Å². The molecule has 1 aromatic rings. The lowest BCUT2D eigenvalue weighted by atomic mass is 9.84. The van der Waals surface area contributed by atoms with Crippen LogP contribution in [0.2, 0.25) is 0 Å². The molecule has 4 aliphatic rings. The van der Waals surface area contributed by atoms with E-state index < -0.39 is 0 Å². The molecule has 0 radical (unpaired) electrons. The summed E-state index contributed by atoms with van der Waals surface area (Å²) in [5, 5.41) is 0. The summed E-state index contributed by atoms with van der Waals surface area (Å²) in [5.41, 5.74) is 4.82. The molecule has 1 unspecified atom stereocenters. The molecule has 1 saturated carbocycles. The predicted octanol–water partition coefficient (Wildman–Crippen LogP) is 5.10. The molecule has 3 heteroatoms. The first-order chi connectivity index (χ1) is 14.2. The van der Waals surface area contributed by atoms with Gasteiger partial charge in [0.2, 0.25) is 5.91 Å². The Morgan fingerprint density at radius 3 is 2.62 bits per heavy atom. The van der Waals surface area contributed by atoms with E-state index in [2.05, 4.69) is 28.0 Å². The molecule has 1 spiro atoms. The molecule has 2 saturated heterocycles. The minimum Gasteiger partial charge on any atom is -0.337 e. The number of hydrogen-bond acceptors (Lipinski definition) is 2. The molecule has 2 heterocycles. The van der Waals surface area contributed by atoms with Crippen LogP contribution in [0.5, 0.6) is 0 Å². The molecule has 2 aliphatic carbocycles. The molecular weight excluding hydrogens is 356 g/mol. The number of nitrogens with zero attached hydrogens (tertiary/aromatic N) is 2. The minimum atomic E-state index is 0.168. The van der Waals surface area contributed by atoms with Crippen LogP contribution in [0.4, 0.5) is 0 Å². The summed E-state index contributed by atoms with van der Waals surface area (Å²) in [6.45, 7) is 4.46. The maximum atomic E-state index is 12.8. The SMILES string of the molecule is O=C1CCC2(CCCN(Cc3ccc4c(c3)CCC4)CC2)N1CC1CCCCC1. The number of hydrogen-bond donors (Lipinski definition) is 0. The predicted molar refractivity (Wildman–Crippen MR) is 118 cm³/mol. The van der Waals surface area contributed by atoms with Crippen LogP contribution in [0.1, 0.15) is 87.3 Å². The topological polar surface area (TPSA) is 23.6 Å². The van der Waals surface area contributed by atoms with Crippen molar-refractivity contribution < 1.29 is 4.79 Å². The van der Waals surface area contributed by atoms with Crippen LogP contribution in [0.3, 0.4) is 0 Å². The van der Waals surface area contributed by atoms with Gasteiger partial charge in [0.15, 0.2) is 0 Å². The van der Waals surface area contributed by atoms with Crippen molar-refractivity contribution in [3.05, 3.63) is 34.9 Å². The first kappa shape index (κ1) is 19.6. The standard InChI is InChI=1S/C26H38N2O/c29-25-12-14-26(28(25)20-21-6-2-1-3-7-21)13-5-16-27(17-15-26)19-22-10-11-23-8-4-9-24(23)18-22/h10-11,18,21H,1-9,12-17,19-20H2. The number of fused-ring (bicyclic) bond motifs is 1.